The number of aliphatic hydroxyl groups is 1. The van der Waals surface area contributed by atoms with E-state index in [-0.39, 0.29) is 5.76 Å². The van der Waals surface area contributed by atoms with Crippen LogP contribution < -0.4 is 16.2 Å². The van der Waals surface area contributed by atoms with Crippen LogP contribution in [-0.2, 0) is 6.54 Å². The van der Waals surface area contributed by atoms with Crippen LogP contribution in [0.3, 0.4) is 0 Å². The van der Waals surface area contributed by atoms with Gasteiger partial charge in [0.05, 0.1) is 18.0 Å². The molecule has 1 aliphatic carbocycles. The molecule has 2 aliphatic rings. The highest BCUT2D eigenvalue weighted by atomic mass is 32.1. The standard InChI is InChI=1S/C20H15N3O3S/c1-2-23-18-15(19(25)22-20(23)26)13(10-7-8-27-9-10)14-16(21-18)11-5-3-4-6-12(11)17(14)24/h3-9,13,24H,2H2,1H3,(H,22,25,26)/p+1. The van der Waals surface area contributed by atoms with E-state index in [4.69, 9.17) is 0 Å². The van der Waals surface area contributed by atoms with Crippen LogP contribution in [0.1, 0.15) is 35.1 Å². The van der Waals surface area contributed by atoms with Gasteiger partial charge >= 0.3 is 5.69 Å². The Balaban J connectivity index is 1.95. The lowest BCUT2D eigenvalue weighted by Crippen LogP contribution is -2.72. The summed E-state index contributed by atoms with van der Waals surface area (Å²) in [6, 6.07) is 9.51. The molecule has 3 heterocycles. The highest BCUT2D eigenvalue weighted by Gasteiger charge is 2.44. The molecular weight excluding hydrogens is 362 g/mol. The van der Waals surface area contributed by atoms with E-state index in [0.717, 1.165) is 22.4 Å². The Morgan fingerprint density at radius 3 is 2.70 bits per heavy atom. The predicted octanol–water partition coefficient (Wildman–Crippen LogP) is 1.25. The molecule has 6 nitrogen and oxygen atoms in total. The monoisotopic (exact) mass is 378 g/mol. The van der Waals surface area contributed by atoms with E-state index in [1.807, 2.05) is 48.0 Å². The van der Waals surface area contributed by atoms with Gasteiger partial charge in [0.15, 0.2) is 0 Å². The highest BCUT2D eigenvalue weighted by Crippen LogP contribution is 2.43. The summed E-state index contributed by atoms with van der Waals surface area (Å²) < 4.78 is 1.53. The molecule has 0 saturated heterocycles. The van der Waals surface area contributed by atoms with Crippen LogP contribution in [0.25, 0.3) is 5.76 Å². The van der Waals surface area contributed by atoms with Crippen LogP contribution in [0.4, 0.5) is 5.82 Å². The predicted molar refractivity (Wildman–Crippen MR) is 104 cm³/mol. The first-order chi connectivity index (χ1) is 13.1. The number of H-pyrrole nitrogens is 1. The van der Waals surface area contributed by atoms with E-state index in [1.54, 1.807) is 0 Å². The van der Waals surface area contributed by atoms with Gasteiger partial charge in [0.1, 0.15) is 17.0 Å². The SMILES string of the molecule is CCn1c2c(c(=O)[nH]c1=O)C(c1ccsc1)C1=C(O)c3ccccc3C1=[NH+]2. The number of benzene rings is 1. The van der Waals surface area contributed by atoms with E-state index >= 15 is 0 Å². The van der Waals surface area contributed by atoms with E-state index in [2.05, 4.69) is 9.98 Å². The molecule has 0 amide bonds. The quantitative estimate of drug-likeness (QED) is 0.627. The lowest BCUT2D eigenvalue weighted by molar-refractivity contribution is -0.364. The number of rotatable bonds is 2. The van der Waals surface area contributed by atoms with Crippen LogP contribution in [0.2, 0.25) is 0 Å². The van der Waals surface area contributed by atoms with Crippen LogP contribution in [0, 0.1) is 0 Å². The van der Waals surface area contributed by atoms with Crippen molar-refractivity contribution in [1.82, 2.24) is 9.55 Å². The Morgan fingerprint density at radius 1 is 1.22 bits per heavy atom. The van der Waals surface area contributed by atoms with Gasteiger partial charge in [-0.15, -0.1) is 0 Å². The van der Waals surface area contributed by atoms with Crippen molar-refractivity contribution in [2.75, 3.05) is 0 Å². The molecule has 0 saturated carbocycles. The minimum atomic E-state index is -0.447. The minimum Gasteiger partial charge on any atom is -0.507 e. The summed E-state index contributed by atoms with van der Waals surface area (Å²) in [5, 5.41) is 14.9. The average molecular weight is 378 g/mol. The fourth-order valence-electron chi connectivity index (χ4n) is 4.06. The second-order valence-electron chi connectivity index (χ2n) is 6.56. The molecule has 2 aromatic heterocycles. The van der Waals surface area contributed by atoms with E-state index < -0.39 is 17.2 Å². The van der Waals surface area contributed by atoms with Gasteiger partial charge < -0.3 is 5.11 Å². The first-order valence-electron chi connectivity index (χ1n) is 8.68. The van der Waals surface area contributed by atoms with Crippen molar-refractivity contribution >= 4 is 28.6 Å². The number of fused-ring (bicyclic) bond motifs is 4. The Bertz CT molecular complexity index is 1260. The highest BCUT2D eigenvalue weighted by molar-refractivity contribution is 7.08. The fourth-order valence-corrected chi connectivity index (χ4v) is 4.74. The third-order valence-electron chi connectivity index (χ3n) is 5.22. The number of hydrogen-bond donors (Lipinski definition) is 3. The Morgan fingerprint density at radius 2 is 2.00 bits per heavy atom. The van der Waals surface area contributed by atoms with Crippen molar-refractivity contribution in [3.63, 3.8) is 0 Å². The molecule has 1 aliphatic heterocycles. The molecule has 3 N–H and O–H groups in total. The maximum atomic E-state index is 12.8. The summed E-state index contributed by atoms with van der Waals surface area (Å²) in [6.07, 6.45) is 0. The number of nitrogens with one attached hydrogen (secondary N) is 2. The number of aromatic nitrogens is 2. The third kappa shape index (κ3) is 2.09. The normalized spacial score (nSPS) is 17.4. The van der Waals surface area contributed by atoms with E-state index in [1.165, 1.54) is 15.9 Å². The molecule has 3 aromatic rings. The molecule has 7 heteroatoms. The number of allylic oxidation sites excluding steroid dienone is 1. The first kappa shape index (κ1) is 16.0. The van der Waals surface area contributed by atoms with Crippen molar-refractivity contribution in [3.05, 3.63) is 89.8 Å². The maximum Gasteiger partial charge on any atom is 0.415 e. The van der Waals surface area contributed by atoms with Gasteiger partial charge in [-0.3, -0.25) is 9.78 Å². The topological polar surface area (TPSA) is 89.1 Å². The summed E-state index contributed by atoms with van der Waals surface area (Å²) in [5.74, 6) is 0.214. The van der Waals surface area contributed by atoms with Crippen molar-refractivity contribution in [2.24, 2.45) is 0 Å². The largest absolute Gasteiger partial charge is 0.507 e. The molecule has 0 radical (unpaired) electrons. The van der Waals surface area contributed by atoms with Gasteiger partial charge in [-0.1, -0.05) is 18.2 Å². The zero-order chi connectivity index (χ0) is 18.7. The van der Waals surface area contributed by atoms with Gasteiger partial charge in [0.25, 0.3) is 11.4 Å². The number of aliphatic hydroxyl groups excluding tert-OH is 1. The minimum absolute atomic E-state index is 0.170. The van der Waals surface area contributed by atoms with Gasteiger partial charge in [0, 0.05) is 11.1 Å². The molecule has 1 atom stereocenters. The number of aromatic amines is 1. The molecule has 5 rings (SSSR count). The molecule has 0 bridgehead atoms. The van der Waals surface area contributed by atoms with Crippen molar-refractivity contribution in [3.8, 4) is 0 Å². The Hall–Kier alpha value is -3.19. The van der Waals surface area contributed by atoms with Crippen LogP contribution in [-0.4, -0.2) is 20.4 Å². The van der Waals surface area contributed by atoms with Crippen molar-refractivity contribution in [1.29, 1.82) is 0 Å². The molecule has 0 spiro atoms. The summed E-state index contributed by atoms with van der Waals surface area (Å²) >= 11 is 1.53. The molecule has 0 fully saturated rings. The van der Waals surface area contributed by atoms with Gasteiger partial charge in [0.2, 0.25) is 0 Å². The first-order valence-corrected chi connectivity index (χ1v) is 9.62. The van der Waals surface area contributed by atoms with E-state index in [9.17, 15) is 14.7 Å². The average Bonchev–Trinajstić information content (AvgIpc) is 3.29. The number of thiophene rings is 1. The van der Waals surface area contributed by atoms with Crippen molar-refractivity contribution in [2.45, 2.75) is 19.4 Å². The molecular formula is C20H16N3O3S+. The second-order valence-corrected chi connectivity index (χ2v) is 7.34. The Labute approximate surface area is 157 Å². The van der Waals surface area contributed by atoms with Crippen LogP contribution in [0.5, 0.6) is 0 Å². The van der Waals surface area contributed by atoms with E-state index in [0.29, 0.717) is 23.5 Å². The lowest BCUT2D eigenvalue weighted by Gasteiger charge is -2.22. The van der Waals surface area contributed by atoms with Gasteiger partial charge in [-0.05, 0) is 35.4 Å². The maximum absolute atomic E-state index is 12.8. The smallest absolute Gasteiger partial charge is 0.415 e. The van der Waals surface area contributed by atoms with Crippen LogP contribution >= 0.6 is 11.3 Å². The van der Waals surface area contributed by atoms with Crippen molar-refractivity contribution < 1.29 is 10.1 Å². The number of nitrogens with zero attached hydrogens (tertiary/aromatic N) is 1. The summed E-state index contributed by atoms with van der Waals surface area (Å²) in [7, 11) is 0. The fraction of sp³-hybridized carbons (Fsp3) is 0.150. The second kappa shape index (κ2) is 5.65. The number of hydrogen-bond acceptors (Lipinski definition) is 4. The molecule has 134 valence electrons. The van der Waals surface area contributed by atoms with Crippen LogP contribution in [0.15, 0.2) is 56.3 Å². The zero-order valence-corrected chi connectivity index (χ0v) is 15.3. The summed E-state index contributed by atoms with van der Waals surface area (Å²) in [6.45, 7) is 2.28. The Kier molecular flexibility index (Phi) is 3.35. The summed E-state index contributed by atoms with van der Waals surface area (Å²) in [4.78, 5) is 30.9. The van der Waals surface area contributed by atoms with Gasteiger partial charge in [-0.2, -0.15) is 15.9 Å². The molecule has 1 aromatic carbocycles. The molecule has 27 heavy (non-hydrogen) atoms. The zero-order valence-electron chi connectivity index (χ0n) is 14.4. The lowest BCUT2D eigenvalue weighted by atomic mass is 9.82. The summed E-state index contributed by atoms with van der Waals surface area (Å²) in [5.41, 5.74) is 3.51. The third-order valence-corrected chi connectivity index (χ3v) is 5.93. The molecule has 1 unspecified atom stereocenters. The van der Waals surface area contributed by atoms with Gasteiger partial charge in [-0.25, -0.2) is 9.79 Å².